The van der Waals surface area contributed by atoms with Gasteiger partial charge >= 0.3 is 0 Å². The molecule has 0 spiro atoms. The van der Waals surface area contributed by atoms with Crippen molar-refractivity contribution < 1.29 is 0 Å². The largest absolute Gasteiger partial charge is 0.311 e. The van der Waals surface area contributed by atoms with Gasteiger partial charge in [0, 0.05) is 31.7 Å². The Hall–Kier alpha value is -0.940. The predicted octanol–water partition coefficient (Wildman–Crippen LogP) is 1.65. The fraction of sp³-hybridized carbons (Fsp3) is 0.857. The molecule has 108 valence electrons. The molecule has 0 saturated carbocycles. The topological polar surface area (TPSA) is 46.0 Å². The first-order valence-electron chi connectivity index (χ1n) is 7.62. The van der Waals surface area contributed by atoms with Gasteiger partial charge in [-0.2, -0.15) is 5.10 Å². The van der Waals surface area contributed by atoms with Gasteiger partial charge in [-0.25, -0.2) is 9.67 Å². The second kappa shape index (κ2) is 7.01. The summed E-state index contributed by atoms with van der Waals surface area (Å²) in [7, 11) is 0. The lowest BCUT2D eigenvalue weighted by Crippen LogP contribution is -2.55. The molecule has 1 aliphatic heterocycles. The third kappa shape index (κ3) is 3.54. The lowest BCUT2D eigenvalue weighted by atomic mass is 10.0. The van der Waals surface area contributed by atoms with E-state index in [0.717, 1.165) is 32.0 Å². The van der Waals surface area contributed by atoms with Crippen molar-refractivity contribution in [3.63, 3.8) is 0 Å². The van der Waals surface area contributed by atoms with Gasteiger partial charge in [0.25, 0.3) is 0 Å². The van der Waals surface area contributed by atoms with Gasteiger partial charge < -0.3 is 5.32 Å². The molecule has 2 atom stereocenters. The summed E-state index contributed by atoms with van der Waals surface area (Å²) in [5.41, 5.74) is 0. The molecule has 1 N–H and O–H groups in total. The third-order valence-corrected chi connectivity index (χ3v) is 4.07. The van der Waals surface area contributed by atoms with Crippen LogP contribution >= 0.6 is 0 Å². The molecule has 2 unspecified atom stereocenters. The Morgan fingerprint density at radius 1 is 1.37 bits per heavy atom. The second-order valence-corrected chi connectivity index (χ2v) is 5.38. The van der Waals surface area contributed by atoms with Crippen molar-refractivity contribution in [2.45, 2.75) is 65.2 Å². The normalized spacial score (nSPS) is 24.8. The summed E-state index contributed by atoms with van der Waals surface area (Å²) in [6, 6.07) is 1.25. The Morgan fingerprint density at radius 2 is 2.21 bits per heavy atom. The van der Waals surface area contributed by atoms with Crippen molar-refractivity contribution in [1.82, 2.24) is 25.0 Å². The van der Waals surface area contributed by atoms with E-state index >= 15 is 0 Å². The molecular formula is C14H27N5. The summed E-state index contributed by atoms with van der Waals surface area (Å²) in [5.74, 6) is 1.10. The van der Waals surface area contributed by atoms with E-state index in [9.17, 15) is 0 Å². The standard InChI is InChI=1S/C14H27N5/c1-4-7-13-8-15-12(5-2)9-18(13)10-14-16-11-17-19(14)6-3/h11-13,15H,4-10H2,1-3H3. The van der Waals surface area contributed by atoms with Gasteiger partial charge in [0.15, 0.2) is 0 Å². The maximum Gasteiger partial charge on any atom is 0.141 e. The summed E-state index contributed by atoms with van der Waals surface area (Å²) in [4.78, 5) is 7.00. The molecule has 0 aliphatic carbocycles. The highest BCUT2D eigenvalue weighted by atomic mass is 15.4. The average Bonchev–Trinajstić information content (AvgIpc) is 2.88. The van der Waals surface area contributed by atoms with E-state index in [-0.39, 0.29) is 0 Å². The lowest BCUT2D eigenvalue weighted by molar-refractivity contribution is 0.109. The zero-order valence-corrected chi connectivity index (χ0v) is 12.5. The first-order chi connectivity index (χ1) is 9.28. The van der Waals surface area contributed by atoms with Gasteiger partial charge in [-0.15, -0.1) is 0 Å². The Kier molecular flexibility index (Phi) is 5.34. The number of rotatable bonds is 6. The number of aryl methyl sites for hydroxylation is 1. The second-order valence-electron chi connectivity index (χ2n) is 5.38. The smallest absolute Gasteiger partial charge is 0.141 e. The van der Waals surface area contributed by atoms with E-state index in [1.54, 1.807) is 6.33 Å². The first-order valence-corrected chi connectivity index (χ1v) is 7.62. The maximum atomic E-state index is 4.42. The van der Waals surface area contributed by atoms with E-state index in [2.05, 4.69) is 41.1 Å². The fourth-order valence-electron chi connectivity index (χ4n) is 2.87. The Balaban J connectivity index is 2.04. The Bertz CT molecular complexity index is 376. The molecule has 0 aromatic carbocycles. The molecule has 2 rings (SSSR count). The van der Waals surface area contributed by atoms with Crippen molar-refractivity contribution >= 4 is 0 Å². The van der Waals surface area contributed by atoms with Crippen molar-refractivity contribution in [2.75, 3.05) is 13.1 Å². The summed E-state index contributed by atoms with van der Waals surface area (Å²) >= 11 is 0. The highest BCUT2D eigenvalue weighted by Gasteiger charge is 2.27. The van der Waals surface area contributed by atoms with E-state index < -0.39 is 0 Å². The van der Waals surface area contributed by atoms with Crippen LogP contribution in [0.2, 0.25) is 0 Å². The number of nitrogens with one attached hydrogen (secondary N) is 1. The maximum absolute atomic E-state index is 4.42. The molecule has 5 nitrogen and oxygen atoms in total. The molecule has 0 radical (unpaired) electrons. The van der Waals surface area contributed by atoms with Crippen LogP contribution in [-0.4, -0.2) is 44.8 Å². The molecular weight excluding hydrogens is 238 g/mol. The lowest BCUT2D eigenvalue weighted by Gasteiger charge is -2.40. The molecule has 5 heteroatoms. The van der Waals surface area contributed by atoms with Crippen LogP contribution in [-0.2, 0) is 13.1 Å². The van der Waals surface area contributed by atoms with Gasteiger partial charge in [-0.3, -0.25) is 4.90 Å². The minimum absolute atomic E-state index is 0.617. The van der Waals surface area contributed by atoms with Crippen LogP contribution in [0.4, 0.5) is 0 Å². The first kappa shape index (κ1) is 14.5. The van der Waals surface area contributed by atoms with Crippen LogP contribution < -0.4 is 5.32 Å². The Morgan fingerprint density at radius 3 is 2.89 bits per heavy atom. The SMILES string of the molecule is CCCC1CNC(CC)CN1Cc1ncnn1CC. The van der Waals surface area contributed by atoms with Crippen LogP contribution in [0.25, 0.3) is 0 Å². The van der Waals surface area contributed by atoms with Crippen LogP contribution in [0.3, 0.4) is 0 Å². The highest BCUT2D eigenvalue weighted by Crippen LogP contribution is 2.16. The average molecular weight is 265 g/mol. The molecule has 0 bridgehead atoms. The summed E-state index contributed by atoms with van der Waals surface area (Å²) < 4.78 is 2.01. The summed E-state index contributed by atoms with van der Waals surface area (Å²) in [6.45, 7) is 10.7. The van der Waals surface area contributed by atoms with Gasteiger partial charge in [0.05, 0.1) is 6.54 Å². The number of hydrogen-bond donors (Lipinski definition) is 1. The molecule has 1 saturated heterocycles. The molecule has 2 heterocycles. The number of piperazine rings is 1. The van der Waals surface area contributed by atoms with Gasteiger partial charge in [0.1, 0.15) is 12.2 Å². The third-order valence-electron chi connectivity index (χ3n) is 4.07. The van der Waals surface area contributed by atoms with Crippen molar-refractivity contribution in [1.29, 1.82) is 0 Å². The van der Waals surface area contributed by atoms with Gasteiger partial charge in [-0.1, -0.05) is 20.3 Å². The monoisotopic (exact) mass is 265 g/mol. The van der Waals surface area contributed by atoms with Crippen LogP contribution in [0.1, 0.15) is 45.9 Å². The van der Waals surface area contributed by atoms with Crippen LogP contribution in [0.15, 0.2) is 6.33 Å². The zero-order valence-electron chi connectivity index (χ0n) is 12.5. The van der Waals surface area contributed by atoms with E-state index in [4.69, 9.17) is 0 Å². The summed E-state index contributed by atoms with van der Waals surface area (Å²) in [5, 5.41) is 7.93. The number of aromatic nitrogens is 3. The highest BCUT2D eigenvalue weighted by molar-refractivity contribution is 4.91. The zero-order chi connectivity index (χ0) is 13.7. The number of nitrogens with zero attached hydrogens (tertiary/aromatic N) is 4. The molecule has 0 amide bonds. The summed E-state index contributed by atoms with van der Waals surface area (Å²) in [6.07, 6.45) is 5.35. The van der Waals surface area contributed by atoms with E-state index in [0.29, 0.717) is 12.1 Å². The fourth-order valence-corrected chi connectivity index (χ4v) is 2.87. The number of hydrogen-bond acceptors (Lipinski definition) is 4. The van der Waals surface area contributed by atoms with Gasteiger partial charge in [-0.05, 0) is 19.8 Å². The minimum Gasteiger partial charge on any atom is -0.311 e. The molecule has 1 aliphatic rings. The van der Waals surface area contributed by atoms with Gasteiger partial charge in [0.2, 0.25) is 0 Å². The molecule has 19 heavy (non-hydrogen) atoms. The Labute approximate surface area is 116 Å². The quantitative estimate of drug-likeness (QED) is 0.849. The van der Waals surface area contributed by atoms with Crippen LogP contribution in [0.5, 0.6) is 0 Å². The molecule has 1 fully saturated rings. The van der Waals surface area contributed by atoms with Crippen molar-refractivity contribution in [3.8, 4) is 0 Å². The predicted molar refractivity (Wildman–Crippen MR) is 76.9 cm³/mol. The minimum atomic E-state index is 0.617. The molecule has 1 aromatic heterocycles. The van der Waals surface area contributed by atoms with E-state index in [1.165, 1.54) is 19.3 Å². The van der Waals surface area contributed by atoms with Crippen molar-refractivity contribution in [2.24, 2.45) is 0 Å². The van der Waals surface area contributed by atoms with Crippen molar-refractivity contribution in [3.05, 3.63) is 12.2 Å². The van der Waals surface area contributed by atoms with Crippen LogP contribution in [0, 0.1) is 0 Å². The molecule has 1 aromatic rings. The van der Waals surface area contributed by atoms with E-state index in [1.807, 2.05) is 4.68 Å².